The van der Waals surface area contributed by atoms with Crippen LogP contribution in [0.4, 0.5) is 5.69 Å². The molecule has 1 aromatic heterocycles. The summed E-state index contributed by atoms with van der Waals surface area (Å²) in [5, 5.41) is 3.51. The molecule has 1 N–H and O–H groups in total. The van der Waals surface area contributed by atoms with Crippen LogP contribution in [0.3, 0.4) is 0 Å². The van der Waals surface area contributed by atoms with Gasteiger partial charge in [0.1, 0.15) is 11.4 Å². The number of esters is 1. The smallest absolute Gasteiger partial charge is 0.354 e. The molecule has 2 aromatic rings. The lowest BCUT2D eigenvalue weighted by molar-refractivity contribution is -0.117. The lowest BCUT2D eigenvalue weighted by atomic mass is 10.0. The number of rotatable bonds is 6. The number of nitrogens with zero attached hydrogens (tertiary/aromatic N) is 2. The van der Waals surface area contributed by atoms with Crippen LogP contribution in [0.1, 0.15) is 34.9 Å². The SMILES string of the molecule is COC(=O)c1cccn1C1CCN(CC(=O)Nc2cc(C)c(Cl)cc2OC)CC1. The molecule has 156 valence electrons. The van der Waals surface area contributed by atoms with Crippen molar-refractivity contribution in [3.8, 4) is 5.75 Å². The Balaban J connectivity index is 1.56. The molecule has 1 fully saturated rings. The van der Waals surface area contributed by atoms with Gasteiger partial charge in [-0.15, -0.1) is 0 Å². The molecule has 1 amide bonds. The molecule has 0 radical (unpaired) electrons. The molecular formula is C21H26ClN3O4. The third-order valence-corrected chi connectivity index (χ3v) is 5.65. The Kier molecular flexibility index (Phi) is 6.82. The molecule has 0 bridgehead atoms. The Labute approximate surface area is 175 Å². The van der Waals surface area contributed by atoms with E-state index in [-0.39, 0.29) is 17.9 Å². The van der Waals surface area contributed by atoms with Crippen molar-refractivity contribution < 1.29 is 19.1 Å². The number of carbonyl (C=O) groups excluding carboxylic acids is 2. The zero-order valence-electron chi connectivity index (χ0n) is 16.9. The van der Waals surface area contributed by atoms with E-state index < -0.39 is 0 Å². The molecule has 0 saturated carbocycles. The summed E-state index contributed by atoms with van der Waals surface area (Å²) in [7, 11) is 2.93. The largest absolute Gasteiger partial charge is 0.495 e. The van der Waals surface area contributed by atoms with Crippen molar-refractivity contribution in [2.45, 2.75) is 25.8 Å². The third kappa shape index (κ3) is 4.92. The van der Waals surface area contributed by atoms with E-state index in [0.717, 1.165) is 31.5 Å². The van der Waals surface area contributed by atoms with Gasteiger partial charge in [-0.05, 0) is 43.5 Å². The van der Waals surface area contributed by atoms with Crippen molar-refractivity contribution in [2.24, 2.45) is 0 Å². The van der Waals surface area contributed by atoms with E-state index in [0.29, 0.717) is 28.7 Å². The number of nitrogens with one attached hydrogen (secondary N) is 1. The number of benzene rings is 1. The average Bonchev–Trinajstić information content (AvgIpc) is 3.20. The topological polar surface area (TPSA) is 72.8 Å². The van der Waals surface area contributed by atoms with Gasteiger partial charge in [-0.1, -0.05) is 11.6 Å². The van der Waals surface area contributed by atoms with Gasteiger partial charge in [0.15, 0.2) is 0 Å². The van der Waals surface area contributed by atoms with Crippen LogP contribution < -0.4 is 10.1 Å². The fourth-order valence-electron chi connectivity index (χ4n) is 3.67. The van der Waals surface area contributed by atoms with Crippen molar-refractivity contribution in [1.29, 1.82) is 0 Å². The van der Waals surface area contributed by atoms with E-state index in [4.69, 9.17) is 21.1 Å². The standard InChI is InChI=1S/C21H26ClN3O4/c1-14-11-17(19(28-2)12-16(14)22)23-20(26)13-24-9-6-15(7-10-24)25-8-4-5-18(25)21(27)29-3/h4-5,8,11-12,15H,6-7,9-10,13H2,1-3H3,(H,23,26). The highest BCUT2D eigenvalue weighted by Crippen LogP contribution is 2.31. The number of piperidine rings is 1. The zero-order chi connectivity index (χ0) is 21.0. The molecule has 3 rings (SSSR count). The molecular weight excluding hydrogens is 394 g/mol. The summed E-state index contributed by atoms with van der Waals surface area (Å²) in [6.45, 7) is 3.72. The molecule has 0 aliphatic carbocycles. The van der Waals surface area contributed by atoms with Crippen LogP contribution in [-0.4, -0.2) is 55.2 Å². The number of hydrogen-bond acceptors (Lipinski definition) is 5. The van der Waals surface area contributed by atoms with Crippen molar-refractivity contribution in [2.75, 3.05) is 39.2 Å². The second kappa shape index (κ2) is 9.33. The van der Waals surface area contributed by atoms with Crippen LogP contribution in [0.25, 0.3) is 0 Å². The summed E-state index contributed by atoms with van der Waals surface area (Å²) in [5.74, 6) is 0.110. The number of aromatic nitrogens is 1. The van der Waals surface area contributed by atoms with E-state index in [9.17, 15) is 9.59 Å². The van der Waals surface area contributed by atoms with Gasteiger partial charge in [-0.2, -0.15) is 0 Å². The van der Waals surface area contributed by atoms with Crippen LogP contribution in [0, 0.1) is 6.92 Å². The van der Waals surface area contributed by atoms with Gasteiger partial charge in [0.25, 0.3) is 0 Å². The van der Waals surface area contributed by atoms with Crippen LogP contribution in [0.5, 0.6) is 5.75 Å². The molecule has 0 unspecified atom stereocenters. The maximum Gasteiger partial charge on any atom is 0.354 e. The van der Waals surface area contributed by atoms with Crippen molar-refractivity contribution in [3.63, 3.8) is 0 Å². The Morgan fingerprint density at radius 1 is 1.24 bits per heavy atom. The number of likely N-dealkylation sites (tertiary alicyclic amines) is 1. The Bertz CT molecular complexity index is 888. The second-order valence-electron chi connectivity index (χ2n) is 7.15. The Hall–Kier alpha value is -2.51. The first kappa shape index (κ1) is 21.2. The van der Waals surface area contributed by atoms with Gasteiger partial charge in [0.05, 0.1) is 26.5 Å². The minimum atomic E-state index is -0.330. The molecule has 29 heavy (non-hydrogen) atoms. The summed E-state index contributed by atoms with van der Waals surface area (Å²) >= 11 is 6.12. The van der Waals surface area contributed by atoms with E-state index in [1.54, 1.807) is 19.2 Å². The lowest BCUT2D eigenvalue weighted by Gasteiger charge is -2.32. The zero-order valence-corrected chi connectivity index (χ0v) is 17.7. The highest BCUT2D eigenvalue weighted by molar-refractivity contribution is 6.31. The fourth-order valence-corrected chi connectivity index (χ4v) is 3.82. The maximum absolute atomic E-state index is 12.5. The molecule has 0 spiro atoms. The van der Waals surface area contributed by atoms with Crippen molar-refractivity contribution >= 4 is 29.2 Å². The molecule has 8 heteroatoms. The van der Waals surface area contributed by atoms with Crippen LogP contribution in [0.15, 0.2) is 30.5 Å². The number of halogens is 1. The fraction of sp³-hybridized carbons (Fsp3) is 0.429. The molecule has 1 aromatic carbocycles. The van der Waals surface area contributed by atoms with E-state index >= 15 is 0 Å². The van der Waals surface area contributed by atoms with E-state index in [2.05, 4.69) is 10.2 Å². The first-order valence-corrected chi connectivity index (χ1v) is 9.92. The summed E-state index contributed by atoms with van der Waals surface area (Å²) in [5.41, 5.74) is 2.05. The highest BCUT2D eigenvalue weighted by Gasteiger charge is 2.25. The first-order chi connectivity index (χ1) is 13.9. The summed E-state index contributed by atoms with van der Waals surface area (Å²) in [6, 6.07) is 7.36. The quantitative estimate of drug-likeness (QED) is 0.725. The number of hydrogen-bond donors (Lipinski definition) is 1. The second-order valence-corrected chi connectivity index (χ2v) is 7.56. The summed E-state index contributed by atoms with van der Waals surface area (Å²) in [6.07, 6.45) is 3.62. The van der Waals surface area contributed by atoms with Crippen molar-refractivity contribution in [3.05, 3.63) is 46.7 Å². The predicted octanol–water partition coefficient (Wildman–Crippen LogP) is 3.52. The normalized spacial score (nSPS) is 15.2. The molecule has 1 aliphatic heterocycles. The van der Waals surface area contributed by atoms with E-state index in [1.165, 1.54) is 7.11 Å². The van der Waals surface area contributed by atoms with Crippen LogP contribution in [-0.2, 0) is 9.53 Å². The van der Waals surface area contributed by atoms with Gasteiger partial charge in [0.2, 0.25) is 5.91 Å². The maximum atomic E-state index is 12.5. The van der Waals surface area contributed by atoms with Crippen molar-refractivity contribution in [1.82, 2.24) is 9.47 Å². The van der Waals surface area contributed by atoms with Gasteiger partial charge in [-0.25, -0.2) is 4.79 Å². The first-order valence-electron chi connectivity index (χ1n) is 9.54. The molecule has 1 aliphatic rings. The highest BCUT2D eigenvalue weighted by atomic mass is 35.5. The minimum absolute atomic E-state index is 0.0975. The molecule has 0 atom stereocenters. The Morgan fingerprint density at radius 2 is 1.97 bits per heavy atom. The molecule has 2 heterocycles. The monoisotopic (exact) mass is 419 g/mol. The van der Waals surface area contributed by atoms with Crippen LogP contribution >= 0.6 is 11.6 Å². The number of amides is 1. The van der Waals surface area contributed by atoms with Crippen LogP contribution in [0.2, 0.25) is 5.02 Å². The number of anilines is 1. The third-order valence-electron chi connectivity index (χ3n) is 5.25. The number of methoxy groups -OCH3 is 2. The number of carbonyl (C=O) groups is 2. The number of aryl methyl sites for hydroxylation is 1. The molecule has 1 saturated heterocycles. The molecule has 7 nitrogen and oxygen atoms in total. The van der Waals surface area contributed by atoms with E-state index in [1.807, 2.05) is 29.8 Å². The van der Waals surface area contributed by atoms with Gasteiger partial charge in [-0.3, -0.25) is 9.69 Å². The van der Waals surface area contributed by atoms with Gasteiger partial charge >= 0.3 is 5.97 Å². The Morgan fingerprint density at radius 3 is 2.62 bits per heavy atom. The van der Waals surface area contributed by atoms with Gasteiger partial charge < -0.3 is 19.4 Å². The lowest BCUT2D eigenvalue weighted by Crippen LogP contribution is -2.40. The predicted molar refractivity (Wildman–Crippen MR) is 112 cm³/mol. The number of ether oxygens (including phenoxy) is 2. The minimum Gasteiger partial charge on any atom is -0.495 e. The van der Waals surface area contributed by atoms with Gasteiger partial charge in [0, 0.05) is 36.4 Å². The summed E-state index contributed by atoms with van der Waals surface area (Å²) in [4.78, 5) is 26.5. The average molecular weight is 420 g/mol. The summed E-state index contributed by atoms with van der Waals surface area (Å²) < 4.78 is 12.1.